The van der Waals surface area contributed by atoms with Crippen molar-refractivity contribution in [3.63, 3.8) is 0 Å². The summed E-state index contributed by atoms with van der Waals surface area (Å²) in [6, 6.07) is 0. The number of aliphatic imine (C=N–C) groups is 1. The Hall–Kier alpha value is 0. The van der Waals surface area contributed by atoms with Gasteiger partial charge < -0.3 is 9.80 Å². The summed E-state index contributed by atoms with van der Waals surface area (Å²) in [7, 11) is 2.15. The molecule has 4 heteroatoms. The van der Waals surface area contributed by atoms with Crippen molar-refractivity contribution in [2.45, 2.75) is 27.2 Å². The Labute approximate surface area is 111 Å². The van der Waals surface area contributed by atoms with Gasteiger partial charge in [-0.05, 0) is 12.8 Å². The lowest BCUT2D eigenvalue weighted by Gasteiger charge is -2.28. The van der Waals surface area contributed by atoms with Crippen LogP contribution in [0.3, 0.4) is 0 Å². The maximum Gasteiger partial charge on any atom is 0.196 e. The van der Waals surface area contributed by atoms with Crippen LogP contribution >= 0.6 is 24.0 Å². The summed E-state index contributed by atoms with van der Waals surface area (Å²) >= 11 is 0. The van der Waals surface area contributed by atoms with E-state index in [0.717, 1.165) is 32.1 Å². The van der Waals surface area contributed by atoms with Crippen molar-refractivity contribution in [1.29, 1.82) is 0 Å². The van der Waals surface area contributed by atoms with Gasteiger partial charge in [-0.2, -0.15) is 0 Å². The molecule has 1 unspecified atom stereocenters. The maximum atomic E-state index is 4.54. The van der Waals surface area contributed by atoms with Gasteiger partial charge in [0, 0.05) is 26.7 Å². The minimum absolute atomic E-state index is 0. The summed E-state index contributed by atoms with van der Waals surface area (Å²) in [4.78, 5) is 9.19. The van der Waals surface area contributed by atoms with E-state index < -0.39 is 0 Å². The van der Waals surface area contributed by atoms with Crippen molar-refractivity contribution >= 4 is 29.9 Å². The quantitative estimate of drug-likeness (QED) is 0.739. The van der Waals surface area contributed by atoms with Crippen LogP contribution in [-0.2, 0) is 0 Å². The molecule has 0 bridgehead atoms. The zero-order valence-electron chi connectivity index (χ0n) is 10.4. The summed E-state index contributed by atoms with van der Waals surface area (Å²) in [5.74, 6) is 1.94. The van der Waals surface area contributed by atoms with Crippen molar-refractivity contribution in [3.05, 3.63) is 0 Å². The Bertz CT molecular complexity index is 206. The Morgan fingerprint density at radius 2 is 2.13 bits per heavy atom. The second-order valence-corrected chi connectivity index (χ2v) is 4.16. The van der Waals surface area contributed by atoms with E-state index in [2.05, 4.69) is 42.6 Å². The maximum absolute atomic E-state index is 4.54. The van der Waals surface area contributed by atoms with Gasteiger partial charge in [-0.3, -0.25) is 4.99 Å². The predicted octanol–water partition coefficient (Wildman–Crippen LogP) is 2.27. The van der Waals surface area contributed by atoms with Gasteiger partial charge in [0.05, 0.1) is 6.54 Å². The van der Waals surface area contributed by atoms with Crippen molar-refractivity contribution in [1.82, 2.24) is 9.80 Å². The Morgan fingerprint density at radius 1 is 1.47 bits per heavy atom. The molecule has 0 aliphatic carbocycles. The van der Waals surface area contributed by atoms with Gasteiger partial charge in [0.1, 0.15) is 0 Å². The zero-order valence-corrected chi connectivity index (χ0v) is 12.7. The van der Waals surface area contributed by atoms with Gasteiger partial charge >= 0.3 is 0 Å². The van der Waals surface area contributed by atoms with E-state index in [1.54, 1.807) is 0 Å². The normalized spacial score (nSPS) is 17.1. The van der Waals surface area contributed by atoms with Gasteiger partial charge in [0.25, 0.3) is 0 Å². The highest BCUT2D eigenvalue weighted by Crippen LogP contribution is 2.08. The molecule has 1 rings (SSSR count). The monoisotopic (exact) mass is 325 g/mol. The van der Waals surface area contributed by atoms with Crippen LogP contribution in [0.2, 0.25) is 0 Å². The molecule has 15 heavy (non-hydrogen) atoms. The average Bonchev–Trinajstić information content (AvgIpc) is 2.65. The molecule has 0 aromatic rings. The SMILES string of the molecule is CCC(C)CN(C)C1=NCCN1CC.I. The van der Waals surface area contributed by atoms with Gasteiger partial charge in [-0.25, -0.2) is 0 Å². The topological polar surface area (TPSA) is 18.8 Å². The molecule has 1 heterocycles. The van der Waals surface area contributed by atoms with E-state index in [-0.39, 0.29) is 24.0 Å². The molecule has 0 aromatic carbocycles. The highest BCUT2D eigenvalue weighted by molar-refractivity contribution is 14.0. The van der Waals surface area contributed by atoms with Crippen LogP contribution in [0.1, 0.15) is 27.2 Å². The van der Waals surface area contributed by atoms with E-state index >= 15 is 0 Å². The third kappa shape index (κ3) is 4.17. The lowest BCUT2D eigenvalue weighted by molar-refractivity contribution is 0.343. The Balaban J connectivity index is 0.00000196. The first-order valence-corrected chi connectivity index (χ1v) is 5.69. The first-order chi connectivity index (χ1) is 6.69. The summed E-state index contributed by atoms with van der Waals surface area (Å²) in [5.41, 5.74) is 0. The number of hydrogen-bond donors (Lipinski definition) is 0. The molecular formula is C11H24IN3. The van der Waals surface area contributed by atoms with Crippen molar-refractivity contribution in [3.8, 4) is 0 Å². The molecule has 0 amide bonds. The summed E-state index contributed by atoms with van der Waals surface area (Å²) in [6.07, 6.45) is 1.24. The van der Waals surface area contributed by atoms with Crippen LogP contribution in [0.25, 0.3) is 0 Å². The lowest BCUT2D eigenvalue weighted by Crippen LogP contribution is -2.41. The summed E-state index contributed by atoms with van der Waals surface area (Å²) in [5, 5.41) is 0. The summed E-state index contributed by atoms with van der Waals surface area (Å²) < 4.78 is 0. The number of guanidine groups is 1. The molecule has 1 aliphatic rings. The van der Waals surface area contributed by atoms with Gasteiger partial charge in [0.2, 0.25) is 0 Å². The number of rotatable bonds is 4. The smallest absolute Gasteiger partial charge is 0.196 e. The van der Waals surface area contributed by atoms with Gasteiger partial charge in [0.15, 0.2) is 5.96 Å². The molecule has 1 atom stereocenters. The van der Waals surface area contributed by atoms with E-state index in [1.165, 1.54) is 12.4 Å². The highest BCUT2D eigenvalue weighted by Gasteiger charge is 2.19. The van der Waals surface area contributed by atoms with E-state index in [1.807, 2.05) is 0 Å². The Kier molecular flexibility index (Phi) is 7.30. The minimum atomic E-state index is 0. The molecular weight excluding hydrogens is 301 g/mol. The average molecular weight is 325 g/mol. The largest absolute Gasteiger partial charge is 0.346 e. The molecule has 0 spiro atoms. The second kappa shape index (κ2) is 7.30. The third-order valence-corrected chi connectivity index (χ3v) is 2.91. The Morgan fingerprint density at radius 3 is 2.67 bits per heavy atom. The predicted molar refractivity (Wildman–Crippen MR) is 77.0 cm³/mol. The molecule has 90 valence electrons. The van der Waals surface area contributed by atoms with Gasteiger partial charge in [-0.1, -0.05) is 20.3 Å². The van der Waals surface area contributed by atoms with Crippen LogP contribution < -0.4 is 0 Å². The van der Waals surface area contributed by atoms with Crippen molar-refractivity contribution in [2.24, 2.45) is 10.9 Å². The molecule has 0 saturated heterocycles. The van der Waals surface area contributed by atoms with Crippen LogP contribution in [0, 0.1) is 5.92 Å². The van der Waals surface area contributed by atoms with Crippen LogP contribution in [0.15, 0.2) is 4.99 Å². The van der Waals surface area contributed by atoms with Gasteiger partial charge in [-0.15, -0.1) is 24.0 Å². The molecule has 0 aromatic heterocycles. The van der Waals surface area contributed by atoms with Crippen molar-refractivity contribution < 1.29 is 0 Å². The zero-order chi connectivity index (χ0) is 10.6. The fourth-order valence-electron chi connectivity index (χ4n) is 1.81. The van der Waals surface area contributed by atoms with E-state index in [4.69, 9.17) is 0 Å². The lowest BCUT2D eigenvalue weighted by atomic mass is 10.1. The molecule has 0 radical (unpaired) electrons. The number of likely N-dealkylation sites (N-methyl/N-ethyl adjacent to an activating group) is 1. The standard InChI is InChI=1S/C11H23N3.HI/c1-5-10(3)9-13(4)11-12-7-8-14(11)6-2;/h10H,5-9H2,1-4H3;1H. The second-order valence-electron chi connectivity index (χ2n) is 4.16. The number of halogens is 1. The van der Waals surface area contributed by atoms with Crippen LogP contribution in [0.5, 0.6) is 0 Å². The third-order valence-electron chi connectivity index (χ3n) is 2.91. The first-order valence-electron chi connectivity index (χ1n) is 5.69. The van der Waals surface area contributed by atoms with Crippen LogP contribution in [0.4, 0.5) is 0 Å². The minimum Gasteiger partial charge on any atom is -0.346 e. The van der Waals surface area contributed by atoms with E-state index in [0.29, 0.717) is 0 Å². The molecule has 1 aliphatic heterocycles. The number of nitrogens with zero attached hydrogens (tertiary/aromatic N) is 3. The molecule has 0 fully saturated rings. The molecule has 3 nitrogen and oxygen atoms in total. The van der Waals surface area contributed by atoms with Crippen LogP contribution in [-0.4, -0.2) is 49.0 Å². The number of hydrogen-bond acceptors (Lipinski definition) is 3. The molecule has 0 N–H and O–H groups in total. The first kappa shape index (κ1) is 15.0. The van der Waals surface area contributed by atoms with Crippen molar-refractivity contribution in [2.75, 3.05) is 33.2 Å². The fourth-order valence-corrected chi connectivity index (χ4v) is 1.81. The molecule has 0 saturated carbocycles. The van der Waals surface area contributed by atoms with E-state index in [9.17, 15) is 0 Å². The summed E-state index contributed by atoms with van der Waals surface area (Å²) in [6.45, 7) is 11.0. The highest BCUT2D eigenvalue weighted by atomic mass is 127. The fraction of sp³-hybridized carbons (Fsp3) is 0.909.